The first-order valence-electron chi connectivity index (χ1n) is 10.9. The van der Waals surface area contributed by atoms with Gasteiger partial charge in [-0.3, -0.25) is 25.5 Å². The van der Waals surface area contributed by atoms with Gasteiger partial charge in [0.05, 0.1) is 11.4 Å². The van der Waals surface area contributed by atoms with Gasteiger partial charge in [0.2, 0.25) is 0 Å². The Morgan fingerprint density at radius 3 is 1.94 bits per heavy atom. The Morgan fingerprint density at radius 2 is 1.32 bits per heavy atom. The average molecular weight is 469 g/mol. The normalized spacial score (nSPS) is 10.1. The van der Waals surface area contributed by atoms with Crippen LogP contribution >= 0.6 is 12.2 Å². The summed E-state index contributed by atoms with van der Waals surface area (Å²) in [5, 5.41) is 0. The standard InChI is InChI=1S/C27H26N4O.CH2S/c32-27(30-29-25-11-5-2-6-12-25)24-16-14-23(15-17-24)20-31(19-22-9-3-1-4-10-22)21-26-13-7-8-18-28-26;1-2/h1-18,29H,19-21H2,(H,30,32);1H2. The van der Waals surface area contributed by atoms with Gasteiger partial charge in [-0.2, -0.15) is 0 Å². The molecule has 0 saturated heterocycles. The van der Waals surface area contributed by atoms with E-state index in [4.69, 9.17) is 0 Å². The lowest BCUT2D eigenvalue weighted by Gasteiger charge is -2.22. The van der Waals surface area contributed by atoms with Crippen molar-refractivity contribution >= 4 is 29.7 Å². The number of hydrazine groups is 1. The van der Waals surface area contributed by atoms with Gasteiger partial charge in [0, 0.05) is 31.4 Å². The van der Waals surface area contributed by atoms with Crippen molar-refractivity contribution in [1.29, 1.82) is 0 Å². The van der Waals surface area contributed by atoms with Crippen molar-refractivity contribution in [3.8, 4) is 0 Å². The summed E-state index contributed by atoms with van der Waals surface area (Å²) in [6.07, 6.45) is 1.83. The highest BCUT2D eigenvalue weighted by molar-refractivity contribution is 7.77. The van der Waals surface area contributed by atoms with Gasteiger partial charge in [-0.1, -0.05) is 78.9 Å². The predicted octanol–water partition coefficient (Wildman–Crippen LogP) is 5.66. The monoisotopic (exact) mass is 468 g/mol. The van der Waals surface area contributed by atoms with E-state index >= 15 is 0 Å². The van der Waals surface area contributed by atoms with Crippen LogP contribution in [0.5, 0.6) is 0 Å². The van der Waals surface area contributed by atoms with Crippen molar-refractivity contribution in [2.75, 3.05) is 5.43 Å². The van der Waals surface area contributed by atoms with E-state index in [1.54, 1.807) is 0 Å². The van der Waals surface area contributed by atoms with Crippen LogP contribution < -0.4 is 10.9 Å². The number of pyridine rings is 1. The van der Waals surface area contributed by atoms with Gasteiger partial charge in [-0.25, -0.2) is 0 Å². The molecule has 0 aliphatic carbocycles. The van der Waals surface area contributed by atoms with Crippen LogP contribution in [-0.2, 0) is 19.6 Å². The fourth-order valence-electron chi connectivity index (χ4n) is 3.47. The number of carbonyl (C=O) groups excluding carboxylic acids is 1. The number of amides is 1. The number of aromatic nitrogens is 1. The number of hydrogen-bond acceptors (Lipinski definition) is 5. The highest BCUT2D eigenvalue weighted by Gasteiger charge is 2.11. The molecule has 0 saturated carbocycles. The Kier molecular flexibility index (Phi) is 9.93. The number of anilines is 1. The maximum Gasteiger partial charge on any atom is 0.269 e. The first-order valence-corrected chi connectivity index (χ1v) is 11.5. The molecule has 4 aromatic rings. The second kappa shape index (κ2) is 13.6. The van der Waals surface area contributed by atoms with Crippen LogP contribution in [0, 0.1) is 0 Å². The summed E-state index contributed by atoms with van der Waals surface area (Å²) in [6, 6.07) is 33.7. The smallest absolute Gasteiger partial charge is 0.269 e. The van der Waals surface area contributed by atoms with Crippen LogP contribution in [0.15, 0.2) is 109 Å². The molecule has 0 atom stereocenters. The van der Waals surface area contributed by atoms with Gasteiger partial charge >= 0.3 is 0 Å². The Hall–Kier alpha value is -3.87. The Morgan fingerprint density at radius 1 is 0.735 bits per heavy atom. The molecule has 0 aliphatic rings. The van der Waals surface area contributed by atoms with Crippen molar-refractivity contribution < 1.29 is 4.79 Å². The first-order chi connectivity index (χ1) is 16.8. The van der Waals surface area contributed by atoms with Crippen LogP contribution in [0.1, 0.15) is 27.2 Å². The largest absolute Gasteiger partial charge is 0.298 e. The molecule has 2 N–H and O–H groups in total. The van der Waals surface area contributed by atoms with E-state index in [0.29, 0.717) is 5.56 Å². The lowest BCUT2D eigenvalue weighted by molar-refractivity contribution is 0.0962. The summed E-state index contributed by atoms with van der Waals surface area (Å²) in [7, 11) is 0. The Bertz CT molecular complexity index is 1080. The minimum atomic E-state index is -0.171. The van der Waals surface area contributed by atoms with Crippen LogP contribution in [0.3, 0.4) is 0 Å². The third kappa shape index (κ3) is 7.92. The molecule has 172 valence electrons. The quantitative estimate of drug-likeness (QED) is 0.245. The molecule has 1 heterocycles. The second-order valence-corrected chi connectivity index (χ2v) is 7.59. The molecule has 0 unspecified atom stereocenters. The SMILES string of the molecule is C=S.O=C(NNc1ccccc1)c1ccc(CN(Cc2ccccc2)Cc2ccccn2)cc1. The molecule has 5 nitrogen and oxygen atoms in total. The van der Waals surface area contributed by atoms with Crippen molar-refractivity contribution in [1.82, 2.24) is 15.3 Å². The maximum absolute atomic E-state index is 12.4. The van der Waals surface area contributed by atoms with Gasteiger partial charge in [-0.15, -0.1) is 0 Å². The fourth-order valence-corrected chi connectivity index (χ4v) is 3.47. The van der Waals surface area contributed by atoms with Crippen LogP contribution in [0.2, 0.25) is 0 Å². The minimum absolute atomic E-state index is 0.171. The third-order valence-electron chi connectivity index (χ3n) is 5.08. The molecule has 0 aliphatic heterocycles. The van der Waals surface area contributed by atoms with E-state index in [1.807, 2.05) is 85.1 Å². The van der Waals surface area contributed by atoms with E-state index in [9.17, 15) is 4.79 Å². The molecular formula is C28H28N4OS. The van der Waals surface area contributed by atoms with Crippen molar-refractivity contribution in [3.05, 3.63) is 132 Å². The topological polar surface area (TPSA) is 57.3 Å². The van der Waals surface area contributed by atoms with Gasteiger partial charge in [0.15, 0.2) is 0 Å². The van der Waals surface area contributed by atoms with E-state index in [1.165, 1.54) is 5.56 Å². The summed E-state index contributed by atoms with van der Waals surface area (Å²) >= 11 is 3.83. The summed E-state index contributed by atoms with van der Waals surface area (Å²) in [4.78, 5) is 19.3. The van der Waals surface area contributed by atoms with Crippen molar-refractivity contribution in [2.45, 2.75) is 19.6 Å². The minimum Gasteiger partial charge on any atom is -0.298 e. The van der Waals surface area contributed by atoms with Gasteiger partial charge in [0.1, 0.15) is 0 Å². The number of hydrogen-bond donors (Lipinski definition) is 2. The number of carbonyl (C=O) groups is 1. The Labute approximate surface area is 206 Å². The zero-order valence-corrected chi connectivity index (χ0v) is 19.7. The van der Waals surface area contributed by atoms with Gasteiger partial charge in [0.25, 0.3) is 5.91 Å². The molecular weight excluding hydrogens is 440 g/mol. The zero-order valence-electron chi connectivity index (χ0n) is 18.9. The fraction of sp³-hybridized carbons (Fsp3) is 0.107. The first kappa shape index (κ1) is 24.8. The molecule has 0 fully saturated rings. The molecule has 0 bridgehead atoms. The lowest BCUT2D eigenvalue weighted by atomic mass is 10.1. The molecule has 1 amide bonds. The summed E-state index contributed by atoms with van der Waals surface area (Å²) < 4.78 is 0. The highest BCUT2D eigenvalue weighted by atomic mass is 32.1. The summed E-state index contributed by atoms with van der Waals surface area (Å²) in [5.41, 5.74) is 10.5. The summed E-state index contributed by atoms with van der Waals surface area (Å²) in [5.74, 6) is 2.66. The number of rotatable bonds is 9. The number of thiocarbonyl (C=S) groups is 1. The van der Waals surface area contributed by atoms with Crippen molar-refractivity contribution in [2.24, 2.45) is 0 Å². The zero-order chi connectivity index (χ0) is 24.0. The molecule has 0 radical (unpaired) electrons. The van der Waals surface area contributed by atoms with Gasteiger partial charge < -0.3 is 0 Å². The molecule has 1 aromatic heterocycles. The molecule has 4 rings (SSSR count). The molecule has 34 heavy (non-hydrogen) atoms. The van der Waals surface area contributed by atoms with Crippen LogP contribution in [0.25, 0.3) is 0 Å². The Balaban J connectivity index is 0.00000158. The second-order valence-electron chi connectivity index (χ2n) is 7.59. The van der Waals surface area contributed by atoms with E-state index in [2.05, 4.69) is 63.1 Å². The van der Waals surface area contributed by atoms with Crippen LogP contribution in [-0.4, -0.2) is 21.7 Å². The molecule has 6 heteroatoms. The third-order valence-corrected chi connectivity index (χ3v) is 5.08. The number of benzene rings is 3. The van der Waals surface area contributed by atoms with E-state index in [0.717, 1.165) is 36.6 Å². The predicted molar refractivity (Wildman–Crippen MR) is 142 cm³/mol. The van der Waals surface area contributed by atoms with Gasteiger partial charge in [-0.05, 0) is 53.4 Å². The lowest BCUT2D eigenvalue weighted by Crippen LogP contribution is -2.29. The summed E-state index contributed by atoms with van der Waals surface area (Å²) in [6.45, 7) is 2.33. The highest BCUT2D eigenvalue weighted by Crippen LogP contribution is 2.14. The number of para-hydroxylation sites is 1. The van der Waals surface area contributed by atoms with Crippen LogP contribution in [0.4, 0.5) is 5.69 Å². The van der Waals surface area contributed by atoms with E-state index in [-0.39, 0.29) is 5.91 Å². The average Bonchev–Trinajstić information content (AvgIpc) is 2.91. The van der Waals surface area contributed by atoms with Crippen molar-refractivity contribution in [3.63, 3.8) is 0 Å². The maximum atomic E-state index is 12.4. The molecule has 0 spiro atoms. The molecule has 3 aromatic carbocycles. The van der Waals surface area contributed by atoms with E-state index < -0.39 is 0 Å². The number of nitrogens with one attached hydrogen (secondary N) is 2. The number of nitrogens with zero attached hydrogens (tertiary/aromatic N) is 2.